The third-order valence-electron chi connectivity index (χ3n) is 9.15. The SMILES string of the molecule is CCCCCCCCCCCCCC[C@H](O)[C@@H](O)CC[C@H](O)[C@@H]1CC[C@@H](CCCCC[C@@H](O)CC2=C[C@](C)(O)OC2=O)O1. The molecule has 0 bridgehead atoms. The molecule has 0 saturated carbocycles. The normalized spacial score (nSPS) is 25.0. The average molecular weight is 613 g/mol. The van der Waals surface area contributed by atoms with Crippen molar-refractivity contribution >= 4 is 5.97 Å². The lowest BCUT2D eigenvalue weighted by molar-refractivity contribution is -0.173. The Hall–Kier alpha value is -1.03. The van der Waals surface area contributed by atoms with E-state index in [0.29, 0.717) is 31.3 Å². The van der Waals surface area contributed by atoms with Gasteiger partial charge in [-0.05, 0) is 51.0 Å². The molecule has 0 aromatic carbocycles. The van der Waals surface area contributed by atoms with Crippen molar-refractivity contribution in [3.05, 3.63) is 11.6 Å². The number of aliphatic hydroxyl groups is 5. The van der Waals surface area contributed by atoms with Crippen LogP contribution in [0.4, 0.5) is 0 Å². The maximum atomic E-state index is 11.7. The zero-order valence-corrected chi connectivity index (χ0v) is 27.3. The van der Waals surface area contributed by atoms with Crippen molar-refractivity contribution in [3.8, 4) is 0 Å². The van der Waals surface area contributed by atoms with E-state index in [4.69, 9.17) is 9.47 Å². The van der Waals surface area contributed by atoms with Gasteiger partial charge in [0, 0.05) is 18.9 Å². The minimum Gasteiger partial charge on any atom is -0.426 e. The number of esters is 1. The quantitative estimate of drug-likeness (QED) is 0.0561. The average Bonchev–Trinajstić information content (AvgIpc) is 3.54. The number of aliphatic hydroxyl groups excluding tert-OH is 4. The molecule has 0 amide bonds. The van der Waals surface area contributed by atoms with Gasteiger partial charge in [0.25, 0.3) is 0 Å². The molecule has 0 spiro atoms. The summed E-state index contributed by atoms with van der Waals surface area (Å²) in [7, 11) is 0. The Kier molecular flexibility index (Phi) is 19.2. The molecule has 1 saturated heterocycles. The highest BCUT2D eigenvalue weighted by atomic mass is 16.7. The van der Waals surface area contributed by atoms with E-state index >= 15 is 0 Å². The molecule has 2 aliphatic rings. The summed E-state index contributed by atoms with van der Waals surface area (Å²) in [5.41, 5.74) is 0.322. The zero-order chi connectivity index (χ0) is 31.5. The molecular formula is C35H64O8. The number of ether oxygens (including phenoxy) is 2. The van der Waals surface area contributed by atoms with Crippen molar-refractivity contribution in [1.82, 2.24) is 0 Å². The number of hydrogen-bond donors (Lipinski definition) is 5. The second-order valence-corrected chi connectivity index (χ2v) is 13.4. The van der Waals surface area contributed by atoms with Crippen LogP contribution in [-0.2, 0) is 14.3 Å². The van der Waals surface area contributed by atoms with Gasteiger partial charge in [-0.15, -0.1) is 0 Å². The van der Waals surface area contributed by atoms with Crippen molar-refractivity contribution in [3.63, 3.8) is 0 Å². The van der Waals surface area contributed by atoms with Gasteiger partial charge in [-0.2, -0.15) is 0 Å². The highest BCUT2D eigenvalue weighted by molar-refractivity contribution is 5.91. The third-order valence-corrected chi connectivity index (χ3v) is 9.15. The Balaban J connectivity index is 1.44. The summed E-state index contributed by atoms with van der Waals surface area (Å²) in [5, 5.41) is 51.4. The number of rotatable bonds is 26. The number of hydrogen-bond acceptors (Lipinski definition) is 8. The lowest BCUT2D eigenvalue weighted by atomic mass is 9.97. The molecular weight excluding hydrogens is 548 g/mol. The molecule has 0 aromatic heterocycles. The predicted molar refractivity (Wildman–Crippen MR) is 169 cm³/mol. The minimum atomic E-state index is -1.58. The van der Waals surface area contributed by atoms with Crippen molar-refractivity contribution in [2.45, 2.75) is 204 Å². The van der Waals surface area contributed by atoms with E-state index in [1.807, 2.05) is 0 Å². The summed E-state index contributed by atoms with van der Waals surface area (Å²) in [6.45, 7) is 3.65. The number of carbonyl (C=O) groups excluding carboxylic acids is 1. The molecule has 8 nitrogen and oxygen atoms in total. The number of unbranched alkanes of at least 4 members (excludes halogenated alkanes) is 13. The van der Waals surface area contributed by atoms with Crippen LogP contribution in [0, 0.1) is 0 Å². The van der Waals surface area contributed by atoms with E-state index in [1.54, 1.807) is 0 Å². The monoisotopic (exact) mass is 612 g/mol. The molecule has 1 fully saturated rings. The van der Waals surface area contributed by atoms with Crippen LogP contribution in [-0.4, -0.2) is 73.9 Å². The fraction of sp³-hybridized carbons (Fsp3) is 0.914. The first kappa shape index (κ1) is 38.2. The highest BCUT2D eigenvalue weighted by Crippen LogP contribution is 2.29. The Morgan fingerprint density at radius 1 is 0.767 bits per heavy atom. The summed E-state index contributed by atoms with van der Waals surface area (Å²) >= 11 is 0. The minimum absolute atomic E-state index is 0.117. The zero-order valence-electron chi connectivity index (χ0n) is 27.3. The summed E-state index contributed by atoms with van der Waals surface area (Å²) in [6.07, 6.45) is 21.2. The first-order valence-electron chi connectivity index (χ1n) is 17.7. The highest BCUT2D eigenvalue weighted by Gasteiger charge is 2.34. The molecule has 252 valence electrons. The topological polar surface area (TPSA) is 137 Å². The van der Waals surface area contributed by atoms with E-state index in [0.717, 1.165) is 51.4 Å². The lowest BCUT2D eigenvalue weighted by Crippen LogP contribution is -2.31. The molecule has 2 heterocycles. The van der Waals surface area contributed by atoms with Gasteiger partial charge < -0.3 is 35.0 Å². The summed E-state index contributed by atoms with van der Waals surface area (Å²) in [5.74, 6) is -2.15. The molecule has 7 atom stereocenters. The standard InChI is InChI=1S/C35H64O8/c1-3-4-5-6-7-8-9-10-11-12-13-17-20-30(37)31(38)22-23-32(39)33-24-21-29(42-33)19-16-14-15-18-28(36)25-27-26-35(2,41)43-34(27)40/h26,28-33,36-39,41H,3-25H2,1-2H3/t28-,29-,30+,31+,32+,33+,35-/m1/s1. The van der Waals surface area contributed by atoms with E-state index in [9.17, 15) is 30.3 Å². The predicted octanol–water partition coefficient (Wildman–Crippen LogP) is 6.38. The summed E-state index contributed by atoms with van der Waals surface area (Å²) < 4.78 is 10.9. The van der Waals surface area contributed by atoms with Crippen LogP contribution >= 0.6 is 0 Å². The van der Waals surface area contributed by atoms with Crippen LogP contribution in [0.2, 0.25) is 0 Å². The fourth-order valence-electron chi connectivity index (χ4n) is 6.43. The van der Waals surface area contributed by atoms with Gasteiger partial charge in [-0.25, -0.2) is 4.79 Å². The molecule has 43 heavy (non-hydrogen) atoms. The molecule has 8 heteroatoms. The Bertz CT molecular complexity index is 769. The first-order chi connectivity index (χ1) is 20.6. The van der Waals surface area contributed by atoms with Crippen molar-refractivity contribution in [2.24, 2.45) is 0 Å². The molecule has 0 unspecified atom stereocenters. The van der Waals surface area contributed by atoms with Crippen LogP contribution < -0.4 is 0 Å². The Morgan fingerprint density at radius 3 is 1.93 bits per heavy atom. The van der Waals surface area contributed by atoms with Gasteiger partial charge in [0.1, 0.15) is 0 Å². The van der Waals surface area contributed by atoms with Crippen LogP contribution in [0.15, 0.2) is 11.6 Å². The maximum Gasteiger partial charge on any atom is 0.336 e. The van der Waals surface area contributed by atoms with Crippen molar-refractivity contribution < 1.29 is 39.8 Å². The molecule has 0 radical (unpaired) electrons. The van der Waals surface area contributed by atoms with E-state index in [1.165, 1.54) is 77.2 Å². The first-order valence-corrected chi connectivity index (χ1v) is 17.7. The second kappa shape index (κ2) is 21.7. The molecule has 5 N–H and O–H groups in total. The molecule has 2 aliphatic heterocycles. The van der Waals surface area contributed by atoms with Gasteiger partial charge in [0.15, 0.2) is 0 Å². The molecule has 0 aliphatic carbocycles. The van der Waals surface area contributed by atoms with Crippen molar-refractivity contribution in [1.29, 1.82) is 0 Å². The second-order valence-electron chi connectivity index (χ2n) is 13.4. The Labute approximate surface area is 261 Å². The third kappa shape index (κ3) is 16.7. The van der Waals surface area contributed by atoms with Crippen molar-refractivity contribution in [2.75, 3.05) is 0 Å². The largest absolute Gasteiger partial charge is 0.426 e. The van der Waals surface area contributed by atoms with Crippen LogP contribution in [0.5, 0.6) is 0 Å². The van der Waals surface area contributed by atoms with Gasteiger partial charge in [0.2, 0.25) is 5.79 Å². The van der Waals surface area contributed by atoms with E-state index < -0.39 is 36.2 Å². The Morgan fingerprint density at radius 2 is 1.33 bits per heavy atom. The maximum absolute atomic E-state index is 11.7. The summed E-state index contributed by atoms with van der Waals surface area (Å²) in [4.78, 5) is 11.7. The van der Waals surface area contributed by atoms with Gasteiger partial charge in [0.05, 0.1) is 36.6 Å². The van der Waals surface area contributed by atoms with Gasteiger partial charge >= 0.3 is 5.97 Å². The number of cyclic esters (lactones) is 1. The van der Waals surface area contributed by atoms with Gasteiger partial charge in [-0.3, -0.25) is 0 Å². The summed E-state index contributed by atoms with van der Waals surface area (Å²) in [6, 6.07) is 0. The van der Waals surface area contributed by atoms with Gasteiger partial charge in [-0.1, -0.05) is 103 Å². The fourth-order valence-corrected chi connectivity index (χ4v) is 6.43. The number of carbonyl (C=O) groups is 1. The van der Waals surface area contributed by atoms with Crippen LogP contribution in [0.1, 0.15) is 162 Å². The van der Waals surface area contributed by atoms with Crippen LogP contribution in [0.3, 0.4) is 0 Å². The molecule has 0 aromatic rings. The molecule has 2 rings (SSSR count). The van der Waals surface area contributed by atoms with E-state index in [-0.39, 0.29) is 18.6 Å². The lowest BCUT2D eigenvalue weighted by Gasteiger charge is -2.22. The smallest absolute Gasteiger partial charge is 0.336 e. The van der Waals surface area contributed by atoms with E-state index in [2.05, 4.69) is 6.92 Å². The van der Waals surface area contributed by atoms with Crippen LogP contribution in [0.25, 0.3) is 0 Å².